The van der Waals surface area contributed by atoms with Gasteiger partial charge in [-0.05, 0) is 61.6 Å². The van der Waals surface area contributed by atoms with Gasteiger partial charge in [0.25, 0.3) is 5.91 Å². The Morgan fingerprint density at radius 1 is 1.12 bits per heavy atom. The van der Waals surface area contributed by atoms with Crippen LogP contribution in [0, 0.1) is 13.8 Å². The molecule has 0 aliphatic heterocycles. The van der Waals surface area contributed by atoms with Gasteiger partial charge >= 0.3 is 0 Å². The Hall–Kier alpha value is -2.69. The molecule has 2 aromatic rings. The highest BCUT2D eigenvalue weighted by molar-refractivity contribution is 5.96. The van der Waals surface area contributed by atoms with Crippen LogP contribution >= 0.6 is 0 Å². The summed E-state index contributed by atoms with van der Waals surface area (Å²) in [6, 6.07) is 8.02. The summed E-state index contributed by atoms with van der Waals surface area (Å²) in [4.78, 5) is 27.8. The number of nitrogens with one attached hydrogen (secondary N) is 2. The number of nitrogens with zero attached hydrogens (tertiary/aromatic N) is 1. The van der Waals surface area contributed by atoms with E-state index in [0.29, 0.717) is 17.4 Å². The largest absolute Gasteiger partial charge is 0.349 e. The second-order valence-electron chi connectivity index (χ2n) is 6.35. The molecule has 1 saturated carbocycles. The Bertz CT molecular complexity index is 810. The first-order valence-corrected chi connectivity index (χ1v) is 8.10. The zero-order valence-electron chi connectivity index (χ0n) is 14.1. The maximum absolute atomic E-state index is 12.3. The van der Waals surface area contributed by atoms with Crippen LogP contribution in [0.1, 0.15) is 41.3 Å². The molecule has 0 radical (unpaired) electrons. The molecule has 0 bridgehead atoms. The maximum Gasteiger partial charge on any atom is 0.251 e. The second kappa shape index (κ2) is 6.43. The lowest BCUT2D eigenvalue weighted by molar-refractivity contribution is -0.114. The summed E-state index contributed by atoms with van der Waals surface area (Å²) in [6.45, 7) is 5.37. The van der Waals surface area contributed by atoms with Crippen LogP contribution in [-0.4, -0.2) is 22.8 Å². The van der Waals surface area contributed by atoms with E-state index in [-0.39, 0.29) is 11.8 Å². The van der Waals surface area contributed by atoms with Gasteiger partial charge in [-0.15, -0.1) is 0 Å². The molecule has 0 spiro atoms. The SMILES string of the molecule is CC(=O)Nc1ncc(-c2cc(C(=O)NC3CC3)ccc2C)cc1C. The van der Waals surface area contributed by atoms with Crippen molar-refractivity contribution in [1.82, 2.24) is 10.3 Å². The number of hydrogen-bond donors (Lipinski definition) is 2. The third-order valence-electron chi connectivity index (χ3n) is 4.10. The molecular weight excluding hydrogens is 302 g/mol. The molecule has 1 aliphatic carbocycles. The highest BCUT2D eigenvalue weighted by Gasteiger charge is 2.24. The van der Waals surface area contributed by atoms with Gasteiger partial charge in [-0.3, -0.25) is 9.59 Å². The number of benzene rings is 1. The smallest absolute Gasteiger partial charge is 0.251 e. The number of rotatable bonds is 4. The highest BCUT2D eigenvalue weighted by Crippen LogP contribution is 2.27. The monoisotopic (exact) mass is 323 g/mol. The van der Waals surface area contributed by atoms with Crippen molar-refractivity contribution in [3.05, 3.63) is 47.2 Å². The summed E-state index contributed by atoms with van der Waals surface area (Å²) >= 11 is 0. The van der Waals surface area contributed by atoms with Gasteiger partial charge in [-0.2, -0.15) is 0 Å². The van der Waals surface area contributed by atoms with Crippen LogP contribution in [0.3, 0.4) is 0 Å². The molecule has 124 valence electrons. The van der Waals surface area contributed by atoms with E-state index in [1.54, 1.807) is 6.20 Å². The third kappa shape index (κ3) is 3.62. The third-order valence-corrected chi connectivity index (χ3v) is 4.10. The molecular formula is C19H21N3O2. The zero-order chi connectivity index (χ0) is 17.3. The summed E-state index contributed by atoms with van der Waals surface area (Å²) < 4.78 is 0. The number of anilines is 1. The number of aryl methyl sites for hydroxylation is 2. The van der Waals surface area contributed by atoms with Crippen LogP contribution in [0.2, 0.25) is 0 Å². The topological polar surface area (TPSA) is 71.1 Å². The van der Waals surface area contributed by atoms with Crippen molar-refractivity contribution in [3.8, 4) is 11.1 Å². The fourth-order valence-corrected chi connectivity index (χ4v) is 2.59. The van der Waals surface area contributed by atoms with E-state index in [4.69, 9.17) is 0 Å². The van der Waals surface area contributed by atoms with E-state index in [1.807, 2.05) is 38.1 Å². The van der Waals surface area contributed by atoms with Gasteiger partial charge in [0.2, 0.25) is 5.91 Å². The van der Waals surface area contributed by atoms with Crippen molar-refractivity contribution in [2.45, 2.75) is 39.7 Å². The molecule has 1 aliphatic rings. The molecule has 1 heterocycles. The maximum atomic E-state index is 12.3. The van der Waals surface area contributed by atoms with Crippen molar-refractivity contribution >= 4 is 17.6 Å². The van der Waals surface area contributed by atoms with Crippen molar-refractivity contribution in [2.75, 3.05) is 5.32 Å². The lowest BCUT2D eigenvalue weighted by Crippen LogP contribution is -2.25. The molecule has 5 heteroatoms. The average Bonchev–Trinajstić information content (AvgIpc) is 3.33. The Morgan fingerprint density at radius 3 is 2.50 bits per heavy atom. The molecule has 0 unspecified atom stereocenters. The molecule has 1 fully saturated rings. The number of aromatic nitrogens is 1. The molecule has 2 N–H and O–H groups in total. The average molecular weight is 323 g/mol. The molecule has 2 amide bonds. The van der Waals surface area contributed by atoms with Crippen LogP contribution in [-0.2, 0) is 4.79 Å². The number of amides is 2. The minimum Gasteiger partial charge on any atom is -0.349 e. The van der Waals surface area contributed by atoms with Crippen molar-refractivity contribution in [3.63, 3.8) is 0 Å². The quantitative estimate of drug-likeness (QED) is 0.907. The van der Waals surface area contributed by atoms with E-state index >= 15 is 0 Å². The van der Waals surface area contributed by atoms with Gasteiger partial charge < -0.3 is 10.6 Å². The van der Waals surface area contributed by atoms with Crippen LogP contribution in [0.15, 0.2) is 30.5 Å². The predicted molar refractivity (Wildman–Crippen MR) is 93.9 cm³/mol. The molecule has 3 rings (SSSR count). The number of carbonyl (C=O) groups is 2. The van der Waals surface area contributed by atoms with Gasteiger partial charge in [0, 0.05) is 30.3 Å². The summed E-state index contributed by atoms with van der Waals surface area (Å²) in [5.74, 6) is 0.387. The van der Waals surface area contributed by atoms with Crippen LogP contribution < -0.4 is 10.6 Å². The second-order valence-corrected chi connectivity index (χ2v) is 6.35. The Labute approximate surface area is 141 Å². The van der Waals surface area contributed by atoms with Gasteiger partial charge in [0.05, 0.1) is 0 Å². The van der Waals surface area contributed by atoms with Crippen molar-refractivity contribution in [2.24, 2.45) is 0 Å². The predicted octanol–water partition coefficient (Wildman–Crippen LogP) is 3.22. The van der Waals surface area contributed by atoms with Crippen molar-refractivity contribution < 1.29 is 9.59 Å². The molecule has 24 heavy (non-hydrogen) atoms. The Morgan fingerprint density at radius 2 is 1.88 bits per heavy atom. The first-order chi connectivity index (χ1) is 11.4. The molecule has 0 saturated heterocycles. The van der Waals surface area contributed by atoms with Gasteiger partial charge in [-0.25, -0.2) is 4.98 Å². The first kappa shape index (κ1) is 16.2. The normalized spacial score (nSPS) is 13.5. The summed E-state index contributed by atoms with van der Waals surface area (Å²) in [5.41, 5.74) is 4.52. The number of carbonyl (C=O) groups excluding carboxylic acids is 2. The molecule has 5 nitrogen and oxygen atoms in total. The zero-order valence-corrected chi connectivity index (χ0v) is 14.1. The summed E-state index contributed by atoms with van der Waals surface area (Å²) in [7, 11) is 0. The first-order valence-electron chi connectivity index (χ1n) is 8.10. The van der Waals surface area contributed by atoms with E-state index in [1.165, 1.54) is 6.92 Å². The van der Waals surface area contributed by atoms with Gasteiger partial charge in [0.1, 0.15) is 5.82 Å². The van der Waals surface area contributed by atoms with Crippen LogP contribution in [0.4, 0.5) is 5.82 Å². The number of pyridine rings is 1. The Balaban J connectivity index is 1.91. The molecule has 1 aromatic heterocycles. The lowest BCUT2D eigenvalue weighted by Gasteiger charge is -2.12. The fraction of sp³-hybridized carbons (Fsp3) is 0.316. The Kier molecular flexibility index (Phi) is 4.34. The van der Waals surface area contributed by atoms with E-state index in [0.717, 1.165) is 35.1 Å². The van der Waals surface area contributed by atoms with Gasteiger partial charge in [0.15, 0.2) is 0 Å². The standard InChI is InChI=1S/C19H21N3O2/c1-11-4-5-14(19(24)22-16-6-7-16)9-17(11)15-8-12(2)18(20-10-15)21-13(3)23/h4-5,8-10,16H,6-7H2,1-3H3,(H,22,24)(H,20,21,23). The van der Waals surface area contributed by atoms with E-state index in [9.17, 15) is 9.59 Å². The van der Waals surface area contributed by atoms with E-state index < -0.39 is 0 Å². The van der Waals surface area contributed by atoms with E-state index in [2.05, 4.69) is 15.6 Å². The minimum absolute atomic E-state index is 0.0294. The summed E-state index contributed by atoms with van der Waals surface area (Å²) in [6.07, 6.45) is 3.86. The van der Waals surface area contributed by atoms with Crippen LogP contribution in [0.25, 0.3) is 11.1 Å². The van der Waals surface area contributed by atoms with Gasteiger partial charge in [-0.1, -0.05) is 6.07 Å². The lowest BCUT2D eigenvalue weighted by atomic mass is 9.98. The molecule has 0 atom stereocenters. The minimum atomic E-state index is -0.145. The van der Waals surface area contributed by atoms with Crippen molar-refractivity contribution in [1.29, 1.82) is 0 Å². The fourth-order valence-electron chi connectivity index (χ4n) is 2.59. The number of hydrogen-bond acceptors (Lipinski definition) is 3. The summed E-state index contributed by atoms with van der Waals surface area (Å²) in [5, 5.41) is 5.72. The highest BCUT2D eigenvalue weighted by atomic mass is 16.2. The molecule has 1 aromatic carbocycles. The van der Waals surface area contributed by atoms with Crippen LogP contribution in [0.5, 0.6) is 0 Å².